The Labute approximate surface area is 96.6 Å². The molecule has 2 rings (SSSR count). The lowest BCUT2D eigenvalue weighted by molar-refractivity contribution is 0.457. The molecule has 0 fully saturated rings. The van der Waals surface area contributed by atoms with Crippen molar-refractivity contribution in [2.24, 2.45) is 11.7 Å². The first-order chi connectivity index (χ1) is 7.49. The number of hydrogen-bond acceptors (Lipinski definition) is 2. The Kier molecular flexibility index (Phi) is 2.60. The van der Waals surface area contributed by atoms with E-state index in [9.17, 15) is 0 Å². The molecule has 0 aromatic heterocycles. The Morgan fingerprint density at radius 1 is 1.19 bits per heavy atom. The highest BCUT2D eigenvalue weighted by Gasteiger charge is 2.24. The van der Waals surface area contributed by atoms with Gasteiger partial charge in [0.25, 0.3) is 0 Å². The van der Waals surface area contributed by atoms with Crippen LogP contribution in [0.3, 0.4) is 0 Å². The average Bonchev–Trinajstić information content (AvgIpc) is 2.24. The topological polar surface area (TPSA) is 52.0 Å². The van der Waals surface area contributed by atoms with Gasteiger partial charge in [-0.25, -0.2) is 0 Å². The monoisotopic (exact) mass is 214 g/mol. The van der Waals surface area contributed by atoms with Gasteiger partial charge >= 0.3 is 0 Å². The smallest absolute Gasteiger partial charge is 0.0374 e. The molecule has 4 N–H and O–H groups in total. The predicted molar refractivity (Wildman–Crippen MR) is 69.7 cm³/mol. The van der Waals surface area contributed by atoms with Crippen LogP contribution < -0.4 is 11.5 Å². The molecular formula is C14H18N2. The maximum Gasteiger partial charge on any atom is 0.0374 e. The highest BCUT2D eigenvalue weighted by atomic mass is 14.7. The minimum Gasteiger partial charge on any atom is -0.399 e. The third kappa shape index (κ3) is 2.02. The third-order valence-electron chi connectivity index (χ3n) is 3.28. The van der Waals surface area contributed by atoms with Crippen LogP contribution in [0.5, 0.6) is 0 Å². The minimum absolute atomic E-state index is 0.239. The van der Waals surface area contributed by atoms with Crippen molar-refractivity contribution in [1.29, 1.82) is 0 Å². The Hall–Kier alpha value is -1.54. The van der Waals surface area contributed by atoms with Gasteiger partial charge < -0.3 is 11.5 Å². The Bertz CT molecular complexity index is 438. The van der Waals surface area contributed by atoms with Crippen molar-refractivity contribution < 1.29 is 0 Å². The van der Waals surface area contributed by atoms with Gasteiger partial charge in [0, 0.05) is 11.2 Å². The lowest BCUT2D eigenvalue weighted by Gasteiger charge is -2.30. The van der Waals surface area contributed by atoms with Crippen LogP contribution in [-0.4, -0.2) is 5.54 Å². The molecule has 0 radical (unpaired) electrons. The fraction of sp³-hybridized carbons (Fsp3) is 0.286. The molecule has 16 heavy (non-hydrogen) atoms. The molecule has 0 saturated carbocycles. The normalized spacial score (nSPS) is 28.9. The Balaban J connectivity index is 2.31. The summed E-state index contributed by atoms with van der Waals surface area (Å²) >= 11 is 0. The summed E-state index contributed by atoms with van der Waals surface area (Å²) in [5.41, 5.74) is 14.8. The van der Waals surface area contributed by atoms with Gasteiger partial charge in [-0.2, -0.15) is 0 Å². The van der Waals surface area contributed by atoms with Gasteiger partial charge in [0.15, 0.2) is 0 Å². The number of allylic oxidation sites excluding steroid dienone is 2. The Morgan fingerprint density at radius 3 is 2.38 bits per heavy atom. The zero-order chi connectivity index (χ0) is 11.8. The Morgan fingerprint density at radius 2 is 1.81 bits per heavy atom. The summed E-state index contributed by atoms with van der Waals surface area (Å²) in [6.45, 7) is 4.19. The standard InChI is InChI=1S/C14H18N2/c1-10-9-12(7-8-14(10,2)16)11-3-5-13(15)6-4-11/h3-10H,15-16H2,1-2H3. The number of hydrogen-bond donors (Lipinski definition) is 2. The van der Waals surface area contributed by atoms with Crippen molar-refractivity contribution in [3.05, 3.63) is 48.1 Å². The molecule has 2 nitrogen and oxygen atoms in total. The fourth-order valence-electron chi connectivity index (χ4n) is 1.79. The molecule has 1 aromatic carbocycles. The number of rotatable bonds is 1. The van der Waals surface area contributed by atoms with Gasteiger partial charge in [0.05, 0.1) is 0 Å². The van der Waals surface area contributed by atoms with Crippen LogP contribution in [0.1, 0.15) is 19.4 Å². The summed E-state index contributed by atoms with van der Waals surface area (Å²) < 4.78 is 0. The van der Waals surface area contributed by atoms with E-state index in [1.165, 1.54) is 11.1 Å². The predicted octanol–water partition coefficient (Wildman–Crippen LogP) is 2.58. The third-order valence-corrected chi connectivity index (χ3v) is 3.28. The molecule has 0 bridgehead atoms. The van der Waals surface area contributed by atoms with Crippen LogP contribution in [0.4, 0.5) is 5.69 Å². The minimum atomic E-state index is -0.239. The lowest BCUT2D eigenvalue weighted by Crippen LogP contribution is -2.41. The molecule has 2 heteroatoms. The van der Waals surface area contributed by atoms with Crippen molar-refractivity contribution >= 4 is 11.3 Å². The van der Waals surface area contributed by atoms with E-state index in [0.29, 0.717) is 5.92 Å². The first-order valence-electron chi connectivity index (χ1n) is 5.55. The summed E-state index contributed by atoms with van der Waals surface area (Å²) in [6.07, 6.45) is 6.38. The number of benzene rings is 1. The van der Waals surface area contributed by atoms with Crippen LogP contribution in [0.2, 0.25) is 0 Å². The summed E-state index contributed by atoms with van der Waals surface area (Å²) in [7, 11) is 0. The van der Waals surface area contributed by atoms with Crippen LogP contribution in [0.15, 0.2) is 42.5 Å². The zero-order valence-electron chi connectivity index (χ0n) is 9.77. The van der Waals surface area contributed by atoms with Gasteiger partial charge in [-0.15, -0.1) is 0 Å². The molecule has 1 aliphatic carbocycles. The first-order valence-corrected chi connectivity index (χ1v) is 5.55. The zero-order valence-corrected chi connectivity index (χ0v) is 9.77. The first kappa shape index (κ1) is 11.0. The van der Waals surface area contributed by atoms with E-state index in [2.05, 4.69) is 25.2 Å². The molecule has 1 aromatic rings. The average molecular weight is 214 g/mol. The van der Waals surface area contributed by atoms with Crippen LogP contribution in [0, 0.1) is 5.92 Å². The summed E-state index contributed by atoms with van der Waals surface area (Å²) in [5.74, 6) is 0.338. The van der Waals surface area contributed by atoms with E-state index in [4.69, 9.17) is 11.5 Å². The van der Waals surface area contributed by atoms with E-state index >= 15 is 0 Å². The molecule has 0 spiro atoms. The van der Waals surface area contributed by atoms with Crippen molar-refractivity contribution in [3.63, 3.8) is 0 Å². The van der Waals surface area contributed by atoms with Gasteiger partial charge in [0.1, 0.15) is 0 Å². The molecule has 84 valence electrons. The van der Waals surface area contributed by atoms with Gasteiger partial charge in [-0.05, 0) is 36.1 Å². The second-order valence-electron chi connectivity index (χ2n) is 4.73. The SMILES string of the molecule is CC1C=C(c2ccc(N)cc2)C=CC1(C)N. The molecule has 0 aliphatic heterocycles. The maximum atomic E-state index is 6.13. The highest BCUT2D eigenvalue weighted by molar-refractivity contribution is 5.76. The van der Waals surface area contributed by atoms with E-state index in [1.54, 1.807) is 0 Å². The number of nitrogen functional groups attached to an aromatic ring is 1. The molecular weight excluding hydrogens is 196 g/mol. The van der Waals surface area contributed by atoms with E-state index < -0.39 is 0 Å². The number of anilines is 1. The van der Waals surface area contributed by atoms with E-state index in [0.717, 1.165) is 5.69 Å². The molecule has 1 aliphatic rings. The van der Waals surface area contributed by atoms with Crippen LogP contribution >= 0.6 is 0 Å². The van der Waals surface area contributed by atoms with Crippen molar-refractivity contribution in [2.75, 3.05) is 5.73 Å². The molecule has 2 unspecified atom stereocenters. The largest absolute Gasteiger partial charge is 0.399 e. The summed E-state index contributed by atoms with van der Waals surface area (Å²) in [4.78, 5) is 0. The highest BCUT2D eigenvalue weighted by Crippen LogP contribution is 2.29. The van der Waals surface area contributed by atoms with Crippen molar-refractivity contribution in [3.8, 4) is 0 Å². The molecule has 0 amide bonds. The maximum absolute atomic E-state index is 6.13. The molecule has 0 heterocycles. The van der Waals surface area contributed by atoms with Crippen LogP contribution in [-0.2, 0) is 0 Å². The second kappa shape index (κ2) is 3.80. The second-order valence-corrected chi connectivity index (χ2v) is 4.73. The van der Waals surface area contributed by atoms with Gasteiger partial charge in [-0.1, -0.05) is 37.3 Å². The summed E-state index contributed by atoms with van der Waals surface area (Å²) in [6, 6.07) is 7.92. The van der Waals surface area contributed by atoms with Crippen molar-refractivity contribution in [2.45, 2.75) is 19.4 Å². The quantitative estimate of drug-likeness (QED) is 0.706. The van der Waals surface area contributed by atoms with E-state index in [1.807, 2.05) is 31.2 Å². The van der Waals surface area contributed by atoms with E-state index in [-0.39, 0.29) is 5.54 Å². The molecule has 2 atom stereocenters. The number of nitrogens with two attached hydrogens (primary N) is 2. The van der Waals surface area contributed by atoms with Crippen molar-refractivity contribution in [1.82, 2.24) is 0 Å². The van der Waals surface area contributed by atoms with Crippen LogP contribution in [0.25, 0.3) is 5.57 Å². The van der Waals surface area contributed by atoms with Gasteiger partial charge in [-0.3, -0.25) is 0 Å². The molecule has 0 saturated heterocycles. The fourth-order valence-corrected chi connectivity index (χ4v) is 1.79. The summed E-state index contributed by atoms with van der Waals surface area (Å²) in [5, 5.41) is 0. The lowest BCUT2D eigenvalue weighted by atomic mass is 9.81. The van der Waals surface area contributed by atoms with Gasteiger partial charge in [0.2, 0.25) is 0 Å².